The van der Waals surface area contributed by atoms with Crippen molar-refractivity contribution in [1.82, 2.24) is 0 Å². The summed E-state index contributed by atoms with van der Waals surface area (Å²) in [6.45, 7) is 1.88. The van der Waals surface area contributed by atoms with Crippen LogP contribution in [-0.4, -0.2) is 23.9 Å². The maximum absolute atomic E-state index is 13.3. The predicted molar refractivity (Wildman–Crippen MR) is 112 cm³/mol. The summed E-state index contributed by atoms with van der Waals surface area (Å²) in [4.78, 5) is 27.9. The number of Topliss-reactive ketones (excluding diaryl/α,β-unsaturated/α-hetero) is 1. The molecule has 2 aromatic rings. The summed E-state index contributed by atoms with van der Waals surface area (Å²) in [6, 6.07) is 10.5. The lowest BCUT2D eigenvalue weighted by Gasteiger charge is -2.39. The van der Waals surface area contributed by atoms with Gasteiger partial charge >= 0.3 is 0 Å². The van der Waals surface area contributed by atoms with Crippen LogP contribution in [0, 0.1) is 6.92 Å². The van der Waals surface area contributed by atoms with Gasteiger partial charge in [0.1, 0.15) is 0 Å². The average molecular weight is 412 g/mol. The van der Waals surface area contributed by atoms with E-state index in [0.717, 1.165) is 22.5 Å². The van der Waals surface area contributed by atoms with Crippen molar-refractivity contribution in [3.63, 3.8) is 0 Å². The van der Waals surface area contributed by atoms with E-state index in [-0.39, 0.29) is 29.8 Å². The molecule has 0 saturated heterocycles. The van der Waals surface area contributed by atoms with Crippen LogP contribution in [0.3, 0.4) is 0 Å². The number of amides is 1. The molecule has 0 saturated carbocycles. The third kappa shape index (κ3) is 3.29. The van der Waals surface area contributed by atoms with Crippen LogP contribution in [0.25, 0.3) is 0 Å². The van der Waals surface area contributed by atoms with E-state index in [1.807, 2.05) is 19.1 Å². The molecule has 2 aromatic carbocycles. The van der Waals surface area contributed by atoms with Crippen molar-refractivity contribution in [1.29, 1.82) is 0 Å². The van der Waals surface area contributed by atoms with Gasteiger partial charge in [0.2, 0.25) is 5.91 Å². The van der Waals surface area contributed by atoms with Crippen molar-refractivity contribution in [2.24, 2.45) is 0 Å². The molecule has 1 atom stereocenters. The van der Waals surface area contributed by atoms with Crippen molar-refractivity contribution in [3.05, 3.63) is 63.8 Å². The summed E-state index contributed by atoms with van der Waals surface area (Å²) >= 11 is 6.30. The molecule has 1 amide bonds. The highest BCUT2D eigenvalue weighted by atomic mass is 35.5. The molecule has 0 spiro atoms. The normalized spacial score (nSPS) is 19.4. The Kier molecular flexibility index (Phi) is 5.09. The zero-order valence-corrected chi connectivity index (χ0v) is 17.1. The minimum atomic E-state index is -0.351. The number of ether oxygens (including phenoxy) is 1. The Balaban J connectivity index is 1.88. The number of halogens is 1. The number of ketones is 1. The van der Waals surface area contributed by atoms with E-state index >= 15 is 0 Å². The predicted octanol–water partition coefficient (Wildman–Crippen LogP) is 4.89. The third-order valence-corrected chi connectivity index (χ3v) is 6.17. The fourth-order valence-electron chi connectivity index (χ4n) is 4.31. The van der Waals surface area contributed by atoms with Crippen LogP contribution in [0.15, 0.2) is 47.7 Å². The highest BCUT2D eigenvalue weighted by Gasteiger charge is 2.40. The highest BCUT2D eigenvalue weighted by molar-refractivity contribution is 6.31. The van der Waals surface area contributed by atoms with Crippen LogP contribution in [0.5, 0.6) is 11.5 Å². The zero-order valence-electron chi connectivity index (χ0n) is 16.4. The molecule has 1 heterocycles. The third-order valence-electron chi connectivity index (χ3n) is 5.76. The summed E-state index contributed by atoms with van der Waals surface area (Å²) in [5, 5.41) is 10.5. The molecule has 4 rings (SSSR count). The van der Waals surface area contributed by atoms with Crippen LogP contribution in [-0.2, 0) is 9.59 Å². The van der Waals surface area contributed by atoms with Gasteiger partial charge in [-0.15, -0.1) is 0 Å². The van der Waals surface area contributed by atoms with Gasteiger partial charge in [0.25, 0.3) is 0 Å². The lowest BCUT2D eigenvalue weighted by molar-refractivity contribution is -0.119. The highest BCUT2D eigenvalue weighted by Crippen LogP contribution is 2.45. The van der Waals surface area contributed by atoms with Crippen LogP contribution in [0.4, 0.5) is 5.69 Å². The van der Waals surface area contributed by atoms with Gasteiger partial charge in [-0.1, -0.05) is 23.7 Å². The number of phenols is 1. The van der Waals surface area contributed by atoms with E-state index in [0.29, 0.717) is 35.6 Å². The Morgan fingerprint density at radius 1 is 1.17 bits per heavy atom. The number of carbonyl (C=O) groups is 2. The molecular formula is C23H22ClNO4. The number of hydrogen-bond acceptors (Lipinski definition) is 4. The number of rotatable bonds is 3. The largest absolute Gasteiger partial charge is 0.504 e. The molecule has 6 heteroatoms. The molecule has 1 aliphatic carbocycles. The summed E-state index contributed by atoms with van der Waals surface area (Å²) < 4.78 is 5.22. The quantitative estimate of drug-likeness (QED) is 0.780. The monoisotopic (exact) mass is 411 g/mol. The minimum absolute atomic E-state index is 0.0266. The molecule has 1 aliphatic heterocycles. The van der Waals surface area contributed by atoms with Gasteiger partial charge in [-0.3, -0.25) is 14.5 Å². The number of aromatic hydroxyl groups is 1. The van der Waals surface area contributed by atoms with Gasteiger partial charge in [0.15, 0.2) is 17.3 Å². The topological polar surface area (TPSA) is 66.8 Å². The zero-order chi connectivity index (χ0) is 20.7. The number of methoxy groups -OCH3 is 1. The molecule has 0 fully saturated rings. The van der Waals surface area contributed by atoms with Gasteiger partial charge in [0, 0.05) is 35.1 Å². The van der Waals surface area contributed by atoms with E-state index in [2.05, 4.69) is 0 Å². The number of allylic oxidation sites excluding steroid dienone is 2. The first kappa shape index (κ1) is 19.5. The number of anilines is 1. The van der Waals surface area contributed by atoms with Crippen LogP contribution in [0.1, 0.15) is 42.7 Å². The number of nitrogens with zero attached hydrogens (tertiary/aromatic N) is 1. The maximum Gasteiger partial charge on any atom is 0.232 e. The number of hydrogen-bond donors (Lipinski definition) is 1. The van der Waals surface area contributed by atoms with Gasteiger partial charge in [-0.25, -0.2) is 0 Å². The number of phenolic OH excluding ortho intramolecular Hbond substituents is 1. The van der Waals surface area contributed by atoms with Gasteiger partial charge in [-0.05, 0) is 55.2 Å². The molecule has 1 unspecified atom stereocenters. The lowest BCUT2D eigenvalue weighted by atomic mass is 9.77. The van der Waals surface area contributed by atoms with Gasteiger partial charge in [0.05, 0.1) is 12.8 Å². The van der Waals surface area contributed by atoms with E-state index in [1.54, 1.807) is 29.2 Å². The molecule has 0 bridgehead atoms. The van der Waals surface area contributed by atoms with Crippen LogP contribution in [0.2, 0.25) is 5.02 Å². The van der Waals surface area contributed by atoms with Crippen molar-refractivity contribution >= 4 is 29.0 Å². The summed E-state index contributed by atoms with van der Waals surface area (Å²) in [6.07, 6.45) is 2.02. The second-order valence-electron chi connectivity index (χ2n) is 7.44. The Morgan fingerprint density at radius 2 is 1.97 bits per heavy atom. The van der Waals surface area contributed by atoms with Crippen LogP contribution < -0.4 is 9.64 Å². The molecule has 0 aromatic heterocycles. The van der Waals surface area contributed by atoms with Crippen molar-refractivity contribution in [2.75, 3.05) is 12.0 Å². The summed E-state index contributed by atoms with van der Waals surface area (Å²) in [7, 11) is 1.48. The molecular weight excluding hydrogens is 390 g/mol. The van der Waals surface area contributed by atoms with Crippen molar-refractivity contribution < 1.29 is 19.4 Å². The first-order valence-corrected chi connectivity index (χ1v) is 10.0. The Hall–Kier alpha value is -2.79. The van der Waals surface area contributed by atoms with Gasteiger partial charge < -0.3 is 9.84 Å². The fourth-order valence-corrected chi connectivity index (χ4v) is 4.48. The van der Waals surface area contributed by atoms with Crippen molar-refractivity contribution in [3.8, 4) is 11.5 Å². The average Bonchev–Trinajstić information content (AvgIpc) is 2.70. The standard InChI is InChI=1S/C23H22ClNO4/c1-13-16(24)5-3-6-17(13)25-18-7-4-8-20(27)23(18)15(12-22(25)28)14-9-10-19(26)21(11-14)29-2/h3,5-6,9-11,15,26H,4,7-8,12H2,1-2H3. The molecule has 0 radical (unpaired) electrons. The second-order valence-corrected chi connectivity index (χ2v) is 7.85. The lowest BCUT2D eigenvalue weighted by Crippen LogP contribution is -2.40. The Morgan fingerprint density at radius 3 is 2.72 bits per heavy atom. The molecule has 29 heavy (non-hydrogen) atoms. The first-order chi connectivity index (χ1) is 13.9. The molecule has 150 valence electrons. The summed E-state index contributed by atoms with van der Waals surface area (Å²) in [5.41, 5.74) is 3.78. The summed E-state index contributed by atoms with van der Waals surface area (Å²) in [5.74, 6) is 0.00378. The maximum atomic E-state index is 13.3. The Labute approximate surface area is 174 Å². The SMILES string of the molecule is COc1cc(C2CC(=O)N(c3cccc(Cl)c3C)C3=C2C(=O)CCC3)ccc1O. The van der Waals surface area contributed by atoms with E-state index in [9.17, 15) is 14.7 Å². The Bertz CT molecular complexity index is 1040. The molecule has 1 N–H and O–H groups in total. The molecule has 2 aliphatic rings. The second kappa shape index (κ2) is 7.56. The number of benzene rings is 2. The smallest absolute Gasteiger partial charge is 0.232 e. The minimum Gasteiger partial charge on any atom is -0.504 e. The van der Waals surface area contributed by atoms with Gasteiger partial charge in [-0.2, -0.15) is 0 Å². The van der Waals surface area contributed by atoms with Crippen molar-refractivity contribution in [2.45, 2.75) is 38.5 Å². The van der Waals surface area contributed by atoms with E-state index < -0.39 is 0 Å². The van der Waals surface area contributed by atoms with E-state index in [4.69, 9.17) is 16.3 Å². The van der Waals surface area contributed by atoms with E-state index in [1.165, 1.54) is 7.11 Å². The fraction of sp³-hybridized carbons (Fsp3) is 0.304. The molecule has 5 nitrogen and oxygen atoms in total. The first-order valence-electron chi connectivity index (χ1n) is 9.63. The number of carbonyl (C=O) groups excluding carboxylic acids is 2. The van der Waals surface area contributed by atoms with Crippen LogP contribution >= 0.6 is 11.6 Å².